The highest BCUT2D eigenvalue weighted by molar-refractivity contribution is 9.10. The first-order chi connectivity index (χ1) is 9.06. The molecule has 0 bridgehead atoms. The Hall–Kier alpha value is -1.68. The molecule has 0 spiro atoms. The Labute approximate surface area is 119 Å². The Balaban J connectivity index is 2.04. The van der Waals surface area contributed by atoms with Crippen molar-refractivity contribution in [1.82, 2.24) is 0 Å². The van der Waals surface area contributed by atoms with Gasteiger partial charge in [-0.1, -0.05) is 29.8 Å². The summed E-state index contributed by atoms with van der Waals surface area (Å²) < 4.78 is 19.0. The number of halogens is 2. The maximum atomic E-state index is 13.1. The summed E-state index contributed by atoms with van der Waals surface area (Å²) in [6, 6.07) is 11.3. The van der Waals surface area contributed by atoms with Crippen LogP contribution >= 0.6 is 15.9 Å². The van der Waals surface area contributed by atoms with Gasteiger partial charge in [0.1, 0.15) is 11.6 Å². The van der Waals surface area contributed by atoms with Gasteiger partial charge >= 0.3 is 0 Å². The van der Waals surface area contributed by atoms with Gasteiger partial charge in [-0.05, 0) is 35.0 Å². The summed E-state index contributed by atoms with van der Waals surface area (Å²) >= 11 is 3.24. The maximum absolute atomic E-state index is 13.1. The first-order valence-electron chi connectivity index (χ1n) is 5.74. The number of ether oxygens (including phenoxy) is 1. The molecule has 2 rings (SSSR count). The van der Waals surface area contributed by atoms with Crippen molar-refractivity contribution in [3.05, 3.63) is 63.9 Å². The summed E-state index contributed by atoms with van der Waals surface area (Å²) in [5.41, 5.74) is 1.67. The highest BCUT2D eigenvalue weighted by atomic mass is 79.9. The Morgan fingerprint density at radius 3 is 2.58 bits per heavy atom. The monoisotopic (exact) mass is 322 g/mol. The molecule has 0 heterocycles. The number of carbonyl (C=O) groups is 1. The molecule has 0 unspecified atom stereocenters. The van der Waals surface area contributed by atoms with Crippen molar-refractivity contribution in [2.45, 2.75) is 6.92 Å². The molecular formula is C15H12BrFO2. The van der Waals surface area contributed by atoms with Crippen LogP contribution < -0.4 is 4.74 Å². The predicted octanol–water partition coefficient (Wildman–Crippen LogP) is 4.16. The molecule has 2 nitrogen and oxygen atoms in total. The SMILES string of the molecule is Cc1ccc(C(=O)COc2cc(F)ccc2Br)cc1. The Morgan fingerprint density at radius 2 is 1.89 bits per heavy atom. The number of hydrogen-bond donors (Lipinski definition) is 0. The molecule has 0 N–H and O–H groups in total. The van der Waals surface area contributed by atoms with E-state index in [9.17, 15) is 9.18 Å². The summed E-state index contributed by atoms with van der Waals surface area (Å²) in [5, 5.41) is 0. The fourth-order valence-corrected chi connectivity index (χ4v) is 1.91. The molecule has 98 valence electrons. The number of rotatable bonds is 4. The summed E-state index contributed by atoms with van der Waals surface area (Å²) in [7, 11) is 0. The number of carbonyl (C=O) groups excluding carboxylic acids is 1. The van der Waals surface area contributed by atoms with E-state index in [1.54, 1.807) is 18.2 Å². The average Bonchev–Trinajstić information content (AvgIpc) is 2.40. The Bertz CT molecular complexity index is 594. The Morgan fingerprint density at radius 1 is 1.21 bits per heavy atom. The first-order valence-corrected chi connectivity index (χ1v) is 6.53. The van der Waals surface area contributed by atoms with Gasteiger partial charge in [0.25, 0.3) is 0 Å². The van der Waals surface area contributed by atoms with E-state index < -0.39 is 5.82 Å². The first kappa shape index (κ1) is 13.7. The zero-order chi connectivity index (χ0) is 13.8. The lowest BCUT2D eigenvalue weighted by Crippen LogP contribution is -2.11. The van der Waals surface area contributed by atoms with Crippen molar-refractivity contribution >= 4 is 21.7 Å². The smallest absolute Gasteiger partial charge is 0.200 e. The minimum Gasteiger partial charge on any atom is -0.484 e. The Kier molecular flexibility index (Phi) is 4.32. The van der Waals surface area contributed by atoms with Gasteiger partial charge in [0.2, 0.25) is 0 Å². The molecule has 0 saturated carbocycles. The van der Waals surface area contributed by atoms with Crippen LogP contribution in [0.4, 0.5) is 4.39 Å². The average molecular weight is 323 g/mol. The van der Waals surface area contributed by atoms with Crippen molar-refractivity contribution in [1.29, 1.82) is 0 Å². The van der Waals surface area contributed by atoms with E-state index >= 15 is 0 Å². The van der Waals surface area contributed by atoms with Crippen LogP contribution in [0.25, 0.3) is 0 Å². The normalized spacial score (nSPS) is 10.3. The molecule has 0 aliphatic carbocycles. The molecule has 0 fully saturated rings. The van der Waals surface area contributed by atoms with Crippen LogP contribution in [0.2, 0.25) is 0 Å². The lowest BCUT2D eigenvalue weighted by Gasteiger charge is -2.07. The minimum atomic E-state index is -0.402. The third kappa shape index (κ3) is 3.64. The van der Waals surface area contributed by atoms with Crippen LogP contribution in [0.15, 0.2) is 46.9 Å². The van der Waals surface area contributed by atoms with Crippen molar-refractivity contribution in [3.8, 4) is 5.75 Å². The van der Waals surface area contributed by atoms with E-state index in [1.807, 2.05) is 19.1 Å². The van der Waals surface area contributed by atoms with E-state index in [1.165, 1.54) is 12.1 Å². The lowest BCUT2D eigenvalue weighted by atomic mass is 10.1. The third-order valence-corrected chi connectivity index (χ3v) is 3.28. The summed E-state index contributed by atoms with van der Waals surface area (Å²) in [6.45, 7) is 1.83. The molecule has 0 aromatic heterocycles. The van der Waals surface area contributed by atoms with Crippen LogP contribution in [0.3, 0.4) is 0 Å². The maximum Gasteiger partial charge on any atom is 0.200 e. The number of hydrogen-bond acceptors (Lipinski definition) is 2. The van der Waals surface area contributed by atoms with Crippen molar-refractivity contribution in [2.24, 2.45) is 0 Å². The van der Waals surface area contributed by atoms with Crippen LogP contribution in [-0.4, -0.2) is 12.4 Å². The van der Waals surface area contributed by atoms with Crippen molar-refractivity contribution in [2.75, 3.05) is 6.61 Å². The topological polar surface area (TPSA) is 26.3 Å². The van der Waals surface area contributed by atoms with Gasteiger partial charge in [0, 0.05) is 11.6 Å². The van der Waals surface area contributed by atoms with Gasteiger partial charge in [0.05, 0.1) is 4.47 Å². The van der Waals surface area contributed by atoms with Crippen molar-refractivity contribution in [3.63, 3.8) is 0 Å². The largest absolute Gasteiger partial charge is 0.484 e. The number of Topliss-reactive ketones (excluding diaryl/α,β-unsaturated/α-hetero) is 1. The zero-order valence-corrected chi connectivity index (χ0v) is 11.9. The van der Waals surface area contributed by atoms with Gasteiger partial charge in [-0.25, -0.2) is 4.39 Å². The van der Waals surface area contributed by atoms with Gasteiger partial charge < -0.3 is 4.74 Å². The van der Waals surface area contributed by atoms with Crippen LogP contribution in [0.5, 0.6) is 5.75 Å². The molecule has 0 saturated heterocycles. The molecule has 0 aliphatic rings. The van der Waals surface area contributed by atoms with E-state index in [0.29, 0.717) is 15.8 Å². The fraction of sp³-hybridized carbons (Fsp3) is 0.133. The number of aryl methyl sites for hydroxylation is 1. The fourth-order valence-electron chi connectivity index (χ4n) is 1.55. The van der Waals surface area contributed by atoms with E-state index in [-0.39, 0.29) is 12.4 Å². The van der Waals surface area contributed by atoms with E-state index in [2.05, 4.69) is 15.9 Å². The molecule has 0 aliphatic heterocycles. The minimum absolute atomic E-state index is 0.120. The highest BCUT2D eigenvalue weighted by Gasteiger charge is 2.09. The van der Waals surface area contributed by atoms with Crippen LogP contribution in [0.1, 0.15) is 15.9 Å². The van der Waals surface area contributed by atoms with E-state index in [4.69, 9.17) is 4.74 Å². The van der Waals surface area contributed by atoms with E-state index in [0.717, 1.165) is 5.56 Å². The van der Waals surface area contributed by atoms with Crippen LogP contribution in [0, 0.1) is 12.7 Å². The summed E-state index contributed by atoms with van der Waals surface area (Å²) in [5.74, 6) is -0.224. The van der Waals surface area contributed by atoms with Crippen LogP contribution in [-0.2, 0) is 0 Å². The number of benzene rings is 2. The molecule has 0 radical (unpaired) electrons. The highest BCUT2D eigenvalue weighted by Crippen LogP contribution is 2.25. The molecule has 2 aromatic carbocycles. The molecule has 0 atom stereocenters. The lowest BCUT2D eigenvalue weighted by molar-refractivity contribution is 0.0920. The molecule has 2 aromatic rings. The zero-order valence-electron chi connectivity index (χ0n) is 10.3. The van der Waals surface area contributed by atoms with Gasteiger partial charge in [0.15, 0.2) is 12.4 Å². The molecular weight excluding hydrogens is 311 g/mol. The standard InChI is InChI=1S/C15H12BrFO2/c1-10-2-4-11(5-3-10)14(18)9-19-15-8-12(17)6-7-13(15)16/h2-8H,9H2,1H3. The van der Waals surface area contributed by atoms with Gasteiger partial charge in [-0.3, -0.25) is 4.79 Å². The summed E-state index contributed by atoms with van der Waals surface area (Å²) in [6.07, 6.45) is 0. The molecule has 0 amide bonds. The number of ketones is 1. The van der Waals surface area contributed by atoms with Gasteiger partial charge in [-0.15, -0.1) is 0 Å². The van der Waals surface area contributed by atoms with Gasteiger partial charge in [-0.2, -0.15) is 0 Å². The quantitative estimate of drug-likeness (QED) is 0.790. The second-order valence-electron chi connectivity index (χ2n) is 4.15. The van der Waals surface area contributed by atoms with Crippen molar-refractivity contribution < 1.29 is 13.9 Å². The second-order valence-corrected chi connectivity index (χ2v) is 5.01. The molecule has 4 heteroatoms. The third-order valence-electron chi connectivity index (χ3n) is 2.63. The predicted molar refractivity (Wildman–Crippen MR) is 75.1 cm³/mol. The summed E-state index contributed by atoms with van der Waals surface area (Å²) in [4.78, 5) is 11.9. The molecule has 19 heavy (non-hydrogen) atoms. The second kappa shape index (κ2) is 5.97.